The molecule has 0 aromatic carbocycles. The molecule has 15 heavy (non-hydrogen) atoms. The molecule has 0 aliphatic rings. The third-order valence-electron chi connectivity index (χ3n) is 1.70. The summed E-state index contributed by atoms with van der Waals surface area (Å²) in [6.45, 7) is 5.03. The Labute approximate surface area is 112 Å². The first-order valence-electron chi connectivity index (χ1n) is 4.55. The zero-order valence-corrected chi connectivity index (χ0v) is 11.7. The molecular weight excluding hydrogens is 209 g/mol. The molecule has 1 amide bonds. The Morgan fingerprint density at radius 3 is 2.00 bits per heavy atom. The number of aliphatic carboxylic acids is 1. The summed E-state index contributed by atoms with van der Waals surface area (Å²) in [5.41, 5.74) is 0. The van der Waals surface area contributed by atoms with Crippen LogP contribution in [0.1, 0.15) is 27.2 Å². The van der Waals surface area contributed by atoms with E-state index in [9.17, 15) is 9.59 Å². The monoisotopic (exact) mass is 226 g/mol. The summed E-state index contributed by atoms with van der Waals surface area (Å²) in [4.78, 5) is 21.7. The van der Waals surface area contributed by atoms with Crippen molar-refractivity contribution < 1.29 is 49.4 Å². The molecule has 2 atom stereocenters. The number of aliphatic hydroxyl groups excluding tert-OH is 1. The van der Waals surface area contributed by atoms with E-state index in [1.807, 2.05) is 13.8 Å². The molecule has 0 aliphatic carbocycles. The van der Waals surface area contributed by atoms with Crippen LogP contribution in [-0.2, 0) is 9.59 Å². The number of carbonyl (C=O) groups is 2. The van der Waals surface area contributed by atoms with E-state index >= 15 is 0 Å². The number of carbonyl (C=O) groups excluding carboxylic acids is 1. The molecule has 0 bridgehead atoms. The summed E-state index contributed by atoms with van der Waals surface area (Å²) in [5, 5.41) is 19.9. The fourth-order valence-electron chi connectivity index (χ4n) is 0.985. The fraction of sp³-hybridized carbons (Fsp3) is 0.778. The van der Waals surface area contributed by atoms with Gasteiger partial charge in [0.15, 0.2) is 0 Å². The SMILES string of the molecule is CC(C)CC(NC(=O)C(C)O)C(=O)O.[Na+]. The minimum atomic E-state index is -1.18. The molecule has 0 spiro atoms. The summed E-state index contributed by atoms with van der Waals surface area (Å²) in [7, 11) is 0. The van der Waals surface area contributed by atoms with Gasteiger partial charge >= 0.3 is 35.5 Å². The van der Waals surface area contributed by atoms with Gasteiger partial charge in [-0.15, -0.1) is 0 Å². The van der Waals surface area contributed by atoms with Crippen LogP contribution in [0.5, 0.6) is 0 Å². The zero-order valence-electron chi connectivity index (χ0n) is 9.65. The van der Waals surface area contributed by atoms with Crippen LogP contribution in [0.4, 0.5) is 0 Å². The normalized spacial score (nSPS) is 13.9. The molecule has 0 fully saturated rings. The fourth-order valence-corrected chi connectivity index (χ4v) is 0.985. The predicted molar refractivity (Wildman–Crippen MR) is 50.7 cm³/mol. The second-order valence-corrected chi connectivity index (χ2v) is 3.70. The van der Waals surface area contributed by atoms with Crippen LogP contribution in [0.25, 0.3) is 0 Å². The first-order valence-corrected chi connectivity index (χ1v) is 4.55. The van der Waals surface area contributed by atoms with E-state index in [4.69, 9.17) is 10.2 Å². The Balaban J connectivity index is 0. The largest absolute Gasteiger partial charge is 1.00 e. The summed E-state index contributed by atoms with van der Waals surface area (Å²) >= 11 is 0. The van der Waals surface area contributed by atoms with Crippen molar-refractivity contribution >= 4 is 11.9 Å². The topological polar surface area (TPSA) is 86.6 Å². The van der Waals surface area contributed by atoms with Gasteiger partial charge in [0.05, 0.1) is 0 Å². The van der Waals surface area contributed by atoms with Crippen LogP contribution in [0.2, 0.25) is 0 Å². The second kappa shape index (κ2) is 8.10. The van der Waals surface area contributed by atoms with Crippen LogP contribution in [-0.4, -0.2) is 34.2 Å². The third-order valence-corrected chi connectivity index (χ3v) is 1.70. The maximum Gasteiger partial charge on any atom is 1.00 e. The smallest absolute Gasteiger partial charge is 0.480 e. The van der Waals surface area contributed by atoms with Crippen LogP contribution < -0.4 is 34.9 Å². The Hall–Kier alpha value is -0.100. The molecule has 0 aliphatic heterocycles. The number of hydrogen-bond acceptors (Lipinski definition) is 3. The molecule has 3 N–H and O–H groups in total. The van der Waals surface area contributed by atoms with Gasteiger partial charge < -0.3 is 15.5 Å². The van der Waals surface area contributed by atoms with Gasteiger partial charge in [-0.25, -0.2) is 4.79 Å². The maximum absolute atomic E-state index is 11.0. The predicted octanol–water partition coefficient (Wildman–Crippen LogP) is -3.01. The quantitative estimate of drug-likeness (QED) is 0.436. The molecular formula is C9H17NNaO4+. The molecule has 0 rings (SSSR count). The number of carboxylic acid groups (broad SMARTS) is 1. The average molecular weight is 226 g/mol. The van der Waals surface area contributed by atoms with Gasteiger partial charge in [-0.3, -0.25) is 4.79 Å². The number of aliphatic hydroxyl groups is 1. The van der Waals surface area contributed by atoms with E-state index in [0.29, 0.717) is 6.42 Å². The molecule has 82 valence electrons. The summed E-state index contributed by atoms with van der Waals surface area (Å²) < 4.78 is 0. The molecule has 5 nitrogen and oxygen atoms in total. The number of rotatable bonds is 5. The van der Waals surface area contributed by atoms with Gasteiger partial charge in [-0.1, -0.05) is 13.8 Å². The Bertz CT molecular complexity index is 218. The van der Waals surface area contributed by atoms with Crippen molar-refractivity contribution in [1.29, 1.82) is 0 Å². The van der Waals surface area contributed by atoms with Crippen molar-refractivity contribution in [2.45, 2.75) is 39.3 Å². The van der Waals surface area contributed by atoms with Gasteiger partial charge in [0.25, 0.3) is 0 Å². The van der Waals surface area contributed by atoms with E-state index < -0.39 is 24.0 Å². The average Bonchev–Trinajstić information content (AvgIpc) is 2.01. The van der Waals surface area contributed by atoms with Crippen molar-refractivity contribution in [3.8, 4) is 0 Å². The number of nitrogens with one attached hydrogen (secondary N) is 1. The van der Waals surface area contributed by atoms with Crippen LogP contribution >= 0.6 is 0 Å². The Morgan fingerprint density at radius 2 is 1.73 bits per heavy atom. The third kappa shape index (κ3) is 7.79. The van der Waals surface area contributed by atoms with E-state index in [2.05, 4.69) is 5.32 Å². The van der Waals surface area contributed by atoms with Gasteiger partial charge in [-0.2, -0.15) is 0 Å². The molecule has 0 radical (unpaired) electrons. The minimum Gasteiger partial charge on any atom is -0.480 e. The van der Waals surface area contributed by atoms with Crippen LogP contribution in [0, 0.1) is 5.92 Å². The van der Waals surface area contributed by atoms with Crippen molar-refractivity contribution in [3.63, 3.8) is 0 Å². The molecule has 2 unspecified atom stereocenters. The van der Waals surface area contributed by atoms with Gasteiger partial charge in [0.2, 0.25) is 5.91 Å². The molecule has 6 heteroatoms. The second-order valence-electron chi connectivity index (χ2n) is 3.70. The van der Waals surface area contributed by atoms with E-state index in [-0.39, 0.29) is 35.5 Å². The Kier molecular flexibility index (Phi) is 9.34. The maximum atomic E-state index is 11.0. The number of amides is 1. The molecule has 0 aromatic heterocycles. The van der Waals surface area contributed by atoms with Gasteiger partial charge in [0, 0.05) is 0 Å². The zero-order chi connectivity index (χ0) is 11.3. The van der Waals surface area contributed by atoms with Gasteiger partial charge in [-0.05, 0) is 19.3 Å². The van der Waals surface area contributed by atoms with Crippen LogP contribution in [0.15, 0.2) is 0 Å². The van der Waals surface area contributed by atoms with Gasteiger partial charge in [0.1, 0.15) is 12.1 Å². The molecule has 0 saturated heterocycles. The first-order chi connectivity index (χ1) is 6.34. The Morgan fingerprint density at radius 1 is 1.27 bits per heavy atom. The first kappa shape index (κ1) is 17.3. The standard InChI is InChI=1S/C9H17NO4.Na/c1-5(2)4-7(9(13)14)10-8(12)6(3)11;/h5-7,11H,4H2,1-3H3,(H,10,12)(H,13,14);/q;+1. The number of hydrogen-bond donors (Lipinski definition) is 3. The van der Waals surface area contributed by atoms with Crippen molar-refractivity contribution in [1.82, 2.24) is 5.32 Å². The summed E-state index contributed by atoms with van der Waals surface area (Å²) in [6.07, 6.45) is -0.822. The van der Waals surface area contributed by atoms with Crippen molar-refractivity contribution in [2.24, 2.45) is 5.92 Å². The molecule has 0 aromatic rings. The molecule has 0 saturated carbocycles. The number of carboxylic acids is 1. The van der Waals surface area contributed by atoms with Crippen molar-refractivity contribution in [2.75, 3.05) is 0 Å². The van der Waals surface area contributed by atoms with E-state index in [1.165, 1.54) is 6.92 Å². The van der Waals surface area contributed by atoms with E-state index in [0.717, 1.165) is 0 Å². The summed E-state index contributed by atoms with van der Waals surface area (Å²) in [5.74, 6) is -1.56. The minimum absolute atomic E-state index is 0. The van der Waals surface area contributed by atoms with E-state index in [1.54, 1.807) is 0 Å². The van der Waals surface area contributed by atoms with Crippen molar-refractivity contribution in [3.05, 3.63) is 0 Å². The van der Waals surface area contributed by atoms with Crippen LogP contribution in [0.3, 0.4) is 0 Å². The molecule has 0 heterocycles. The summed E-state index contributed by atoms with van der Waals surface area (Å²) in [6, 6.07) is -0.919.